The summed E-state index contributed by atoms with van der Waals surface area (Å²) in [7, 11) is 6.02. The van der Waals surface area contributed by atoms with Gasteiger partial charge in [0.15, 0.2) is 11.5 Å². The van der Waals surface area contributed by atoms with Gasteiger partial charge in [-0.25, -0.2) is 0 Å². The Hall–Kier alpha value is -4.46. The van der Waals surface area contributed by atoms with E-state index in [1.165, 1.54) is 33.3 Å². The Kier molecular flexibility index (Phi) is 7.67. The highest BCUT2D eigenvalue weighted by Gasteiger charge is 2.46. The summed E-state index contributed by atoms with van der Waals surface area (Å²) in [5, 5.41) is 11.3. The van der Waals surface area contributed by atoms with Gasteiger partial charge in [-0.2, -0.15) is 0 Å². The number of nitrogens with zero attached hydrogens (tertiary/aromatic N) is 1. The number of hydrogen-bond donors (Lipinski definition) is 1. The van der Waals surface area contributed by atoms with Crippen molar-refractivity contribution in [3.63, 3.8) is 0 Å². The normalized spacial score (nSPS) is 16.5. The van der Waals surface area contributed by atoms with E-state index >= 15 is 0 Å². The van der Waals surface area contributed by atoms with Crippen LogP contribution >= 0.6 is 0 Å². The fourth-order valence-electron chi connectivity index (χ4n) is 4.52. The number of hydrogen-bond acceptors (Lipinski definition) is 7. The van der Waals surface area contributed by atoms with Crippen LogP contribution in [0.2, 0.25) is 0 Å². The first-order valence-corrected chi connectivity index (χ1v) is 11.7. The lowest BCUT2D eigenvalue weighted by Crippen LogP contribution is -2.31. The summed E-state index contributed by atoms with van der Waals surface area (Å²) in [4.78, 5) is 28.1. The highest BCUT2D eigenvalue weighted by molar-refractivity contribution is 6.46. The van der Waals surface area contributed by atoms with Crippen molar-refractivity contribution in [1.82, 2.24) is 4.90 Å². The van der Waals surface area contributed by atoms with Crippen LogP contribution in [0.25, 0.3) is 5.76 Å². The zero-order chi connectivity index (χ0) is 26.5. The first-order chi connectivity index (χ1) is 17.9. The molecule has 0 radical (unpaired) electrons. The lowest BCUT2D eigenvalue weighted by atomic mass is 9.94. The molecule has 1 N–H and O–H groups in total. The molecule has 0 aromatic heterocycles. The van der Waals surface area contributed by atoms with Crippen LogP contribution in [0.3, 0.4) is 0 Å². The number of rotatable bonds is 9. The number of methoxy groups -OCH3 is 4. The van der Waals surface area contributed by atoms with E-state index in [4.69, 9.17) is 18.9 Å². The number of benzene rings is 3. The Morgan fingerprint density at radius 2 is 1.46 bits per heavy atom. The molecule has 8 nitrogen and oxygen atoms in total. The topological polar surface area (TPSA) is 94.5 Å². The number of amides is 1. The summed E-state index contributed by atoms with van der Waals surface area (Å²) < 4.78 is 21.7. The molecule has 1 amide bonds. The first kappa shape index (κ1) is 25.6. The van der Waals surface area contributed by atoms with Gasteiger partial charge in [0.25, 0.3) is 11.7 Å². The van der Waals surface area contributed by atoms with Crippen LogP contribution in [-0.2, 0) is 16.0 Å². The molecule has 3 aromatic rings. The Bertz CT molecular complexity index is 1290. The fraction of sp³-hybridized carbons (Fsp3) is 0.241. The van der Waals surface area contributed by atoms with Crippen molar-refractivity contribution in [3.05, 3.63) is 89.0 Å². The largest absolute Gasteiger partial charge is 0.507 e. The van der Waals surface area contributed by atoms with E-state index in [9.17, 15) is 14.7 Å². The standard InChI is InChI=1S/C29H29NO7/c1-34-21-12-10-19(11-13-21)26(31)24-25(20-16-22(35-2)28(37-4)23(17-20)36-3)30(29(33)27(24)32)15-14-18-8-6-5-7-9-18/h5-13,16-17,25,31H,14-15H2,1-4H3. The molecule has 1 aliphatic heterocycles. The summed E-state index contributed by atoms with van der Waals surface area (Å²) in [6, 6.07) is 18.8. The molecule has 0 saturated carbocycles. The second-order valence-electron chi connectivity index (χ2n) is 8.42. The lowest BCUT2D eigenvalue weighted by Gasteiger charge is -2.26. The van der Waals surface area contributed by atoms with Crippen LogP contribution in [0, 0.1) is 0 Å². The molecule has 4 rings (SSSR count). The van der Waals surface area contributed by atoms with Crippen molar-refractivity contribution in [3.8, 4) is 23.0 Å². The zero-order valence-electron chi connectivity index (χ0n) is 21.2. The molecular formula is C29H29NO7. The van der Waals surface area contributed by atoms with Gasteiger partial charge >= 0.3 is 0 Å². The van der Waals surface area contributed by atoms with Gasteiger partial charge in [0, 0.05) is 12.1 Å². The van der Waals surface area contributed by atoms with Crippen LogP contribution in [-0.4, -0.2) is 56.7 Å². The molecule has 0 aliphatic carbocycles. The molecule has 0 bridgehead atoms. The SMILES string of the molecule is COc1ccc(C(O)=C2C(=O)C(=O)N(CCc3ccccc3)C2c2cc(OC)c(OC)c(OC)c2)cc1. The first-order valence-electron chi connectivity index (χ1n) is 11.7. The Morgan fingerprint density at radius 3 is 2.00 bits per heavy atom. The minimum absolute atomic E-state index is 0.0162. The highest BCUT2D eigenvalue weighted by Crippen LogP contribution is 2.45. The third kappa shape index (κ3) is 4.95. The molecule has 1 heterocycles. The van der Waals surface area contributed by atoms with Gasteiger partial charge < -0.3 is 29.0 Å². The summed E-state index contributed by atoms with van der Waals surface area (Å²) >= 11 is 0. The second kappa shape index (κ2) is 11.1. The van der Waals surface area contributed by atoms with E-state index < -0.39 is 17.7 Å². The van der Waals surface area contributed by atoms with Crippen LogP contribution in [0.4, 0.5) is 0 Å². The maximum atomic E-state index is 13.4. The van der Waals surface area contributed by atoms with Gasteiger partial charge in [-0.05, 0) is 53.9 Å². The summed E-state index contributed by atoms with van der Waals surface area (Å²) in [6.45, 7) is 0.259. The average molecular weight is 504 g/mol. The van der Waals surface area contributed by atoms with Crippen LogP contribution in [0.5, 0.6) is 23.0 Å². The predicted molar refractivity (Wildman–Crippen MR) is 138 cm³/mol. The third-order valence-electron chi connectivity index (χ3n) is 6.39. The van der Waals surface area contributed by atoms with Crippen molar-refractivity contribution in [2.45, 2.75) is 12.5 Å². The van der Waals surface area contributed by atoms with Crippen molar-refractivity contribution >= 4 is 17.4 Å². The van der Waals surface area contributed by atoms with Gasteiger partial charge in [0.05, 0.1) is 40.1 Å². The fourth-order valence-corrected chi connectivity index (χ4v) is 4.52. The Morgan fingerprint density at radius 1 is 0.838 bits per heavy atom. The minimum atomic E-state index is -0.875. The quantitative estimate of drug-likeness (QED) is 0.263. The molecule has 1 atom stereocenters. The lowest BCUT2D eigenvalue weighted by molar-refractivity contribution is -0.139. The van der Waals surface area contributed by atoms with Gasteiger partial charge in [0.2, 0.25) is 5.75 Å². The highest BCUT2D eigenvalue weighted by atomic mass is 16.5. The third-order valence-corrected chi connectivity index (χ3v) is 6.39. The van der Waals surface area contributed by atoms with Gasteiger partial charge in [0.1, 0.15) is 11.5 Å². The molecule has 0 spiro atoms. The maximum Gasteiger partial charge on any atom is 0.295 e. The van der Waals surface area contributed by atoms with Gasteiger partial charge in [-0.1, -0.05) is 30.3 Å². The van der Waals surface area contributed by atoms with Crippen LogP contribution < -0.4 is 18.9 Å². The molecule has 37 heavy (non-hydrogen) atoms. The number of aliphatic hydroxyl groups excluding tert-OH is 1. The van der Waals surface area contributed by atoms with E-state index in [1.807, 2.05) is 30.3 Å². The predicted octanol–water partition coefficient (Wildman–Crippen LogP) is 4.39. The van der Waals surface area contributed by atoms with Gasteiger partial charge in [-0.3, -0.25) is 9.59 Å². The van der Waals surface area contributed by atoms with E-state index in [-0.39, 0.29) is 17.9 Å². The zero-order valence-corrected chi connectivity index (χ0v) is 21.2. The molecule has 1 fully saturated rings. The van der Waals surface area contributed by atoms with E-state index in [2.05, 4.69) is 0 Å². The minimum Gasteiger partial charge on any atom is -0.507 e. The number of carbonyl (C=O) groups excluding carboxylic acids is 2. The average Bonchev–Trinajstić information content (AvgIpc) is 3.20. The Balaban J connectivity index is 1.87. The number of likely N-dealkylation sites (tertiary alicyclic amines) is 1. The number of carbonyl (C=O) groups is 2. The van der Waals surface area contributed by atoms with E-state index in [1.54, 1.807) is 36.4 Å². The molecule has 1 saturated heterocycles. The molecular weight excluding hydrogens is 474 g/mol. The summed E-state index contributed by atoms with van der Waals surface area (Å²) in [5.41, 5.74) is 1.93. The number of Topliss-reactive ketones (excluding diaryl/α,β-unsaturated/α-hetero) is 1. The molecule has 1 aliphatic rings. The Labute approximate surface area is 215 Å². The summed E-state index contributed by atoms with van der Waals surface area (Å²) in [6.07, 6.45) is 0.525. The monoisotopic (exact) mass is 503 g/mol. The van der Waals surface area contributed by atoms with Crippen molar-refractivity contribution < 1.29 is 33.6 Å². The second-order valence-corrected chi connectivity index (χ2v) is 8.42. The van der Waals surface area contributed by atoms with Crippen molar-refractivity contribution in [1.29, 1.82) is 0 Å². The molecule has 1 unspecified atom stereocenters. The van der Waals surface area contributed by atoms with Crippen LogP contribution in [0.15, 0.2) is 72.3 Å². The summed E-state index contributed by atoms with van der Waals surface area (Å²) in [5.74, 6) is -0.0112. The van der Waals surface area contributed by atoms with Crippen LogP contribution in [0.1, 0.15) is 22.7 Å². The number of ketones is 1. The van der Waals surface area contributed by atoms with Crippen molar-refractivity contribution in [2.24, 2.45) is 0 Å². The van der Waals surface area contributed by atoms with E-state index in [0.29, 0.717) is 40.5 Å². The molecule has 8 heteroatoms. The van der Waals surface area contributed by atoms with Crippen molar-refractivity contribution in [2.75, 3.05) is 35.0 Å². The van der Waals surface area contributed by atoms with E-state index in [0.717, 1.165) is 5.56 Å². The maximum absolute atomic E-state index is 13.4. The number of aliphatic hydroxyl groups is 1. The van der Waals surface area contributed by atoms with Gasteiger partial charge in [-0.15, -0.1) is 0 Å². The smallest absolute Gasteiger partial charge is 0.295 e. The molecule has 3 aromatic carbocycles. The number of ether oxygens (including phenoxy) is 4. The molecule has 192 valence electrons.